The Morgan fingerprint density at radius 3 is 2.52 bits per heavy atom. The Kier molecular flexibility index (Phi) is 8.76. The number of rotatable bonds is 9. The van der Waals surface area contributed by atoms with E-state index in [9.17, 15) is 9.59 Å². The van der Waals surface area contributed by atoms with E-state index >= 15 is 0 Å². The van der Waals surface area contributed by atoms with Crippen LogP contribution in [0.25, 0.3) is 0 Å². The topological polar surface area (TPSA) is 53.1 Å². The standard InChI is InChI=1S/C24H36ClN3O3/c1-18(2)24(30)28-13-11-26(12-14-28)17-22(29)20-7-8-23(21(25)16-20)31-15-5-10-27-9-4-6-19(27)3/h7-8,16,18-19H,4-6,9-15,17H2,1-3H3/t19-/m1/s1. The van der Waals surface area contributed by atoms with Crippen LogP contribution >= 0.6 is 11.6 Å². The van der Waals surface area contributed by atoms with Crippen LogP contribution in [0, 0.1) is 5.92 Å². The van der Waals surface area contributed by atoms with E-state index in [0.717, 1.165) is 26.1 Å². The zero-order valence-electron chi connectivity index (χ0n) is 19.1. The van der Waals surface area contributed by atoms with Crippen molar-refractivity contribution >= 4 is 23.3 Å². The highest BCUT2D eigenvalue weighted by Crippen LogP contribution is 2.26. The second-order valence-electron chi connectivity index (χ2n) is 9.05. The molecule has 1 amide bonds. The van der Waals surface area contributed by atoms with Crippen molar-refractivity contribution in [3.63, 3.8) is 0 Å². The van der Waals surface area contributed by atoms with Crippen LogP contribution < -0.4 is 4.74 Å². The van der Waals surface area contributed by atoms with Crippen LogP contribution in [0.5, 0.6) is 5.75 Å². The Bertz CT molecular complexity index is 762. The molecule has 2 aliphatic rings. The summed E-state index contributed by atoms with van der Waals surface area (Å²) in [6.45, 7) is 12.1. The van der Waals surface area contributed by atoms with Gasteiger partial charge in [-0.2, -0.15) is 0 Å². The van der Waals surface area contributed by atoms with Crippen LogP contribution in [0.15, 0.2) is 18.2 Å². The number of hydrogen-bond donors (Lipinski definition) is 0. The summed E-state index contributed by atoms with van der Waals surface area (Å²) in [5, 5.41) is 0.479. The zero-order valence-corrected chi connectivity index (χ0v) is 19.9. The number of ketones is 1. The Balaban J connectivity index is 1.42. The van der Waals surface area contributed by atoms with E-state index < -0.39 is 0 Å². The number of carbonyl (C=O) groups excluding carboxylic acids is 2. The van der Waals surface area contributed by atoms with Gasteiger partial charge in [0.2, 0.25) is 5.91 Å². The summed E-state index contributed by atoms with van der Waals surface area (Å²) in [6, 6.07) is 5.98. The monoisotopic (exact) mass is 449 g/mol. The molecule has 0 unspecified atom stereocenters. The maximum Gasteiger partial charge on any atom is 0.225 e. The molecule has 1 atom stereocenters. The zero-order chi connectivity index (χ0) is 22.4. The summed E-state index contributed by atoms with van der Waals surface area (Å²) in [7, 11) is 0. The lowest BCUT2D eigenvalue weighted by Gasteiger charge is -2.35. The largest absolute Gasteiger partial charge is 0.492 e. The van der Waals surface area contributed by atoms with Crippen molar-refractivity contribution in [3.8, 4) is 5.75 Å². The molecule has 0 N–H and O–H groups in total. The van der Waals surface area contributed by atoms with Gasteiger partial charge in [-0.05, 0) is 50.9 Å². The van der Waals surface area contributed by atoms with Gasteiger partial charge in [-0.15, -0.1) is 0 Å². The molecular formula is C24H36ClN3O3. The van der Waals surface area contributed by atoms with Crippen LogP contribution in [0.4, 0.5) is 0 Å². The summed E-state index contributed by atoms with van der Waals surface area (Å²) >= 11 is 6.38. The minimum atomic E-state index is 0.0137. The molecule has 2 fully saturated rings. The third-order valence-electron chi connectivity index (χ3n) is 6.34. The molecule has 0 spiro atoms. The van der Waals surface area contributed by atoms with Gasteiger partial charge in [-0.25, -0.2) is 0 Å². The summed E-state index contributed by atoms with van der Waals surface area (Å²) in [6.07, 6.45) is 3.54. The normalized spacial score (nSPS) is 20.4. The van der Waals surface area contributed by atoms with E-state index in [4.69, 9.17) is 16.3 Å². The van der Waals surface area contributed by atoms with Gasteiger partial charge in [-0.1, -0.05) is 25.4 Å². The van der Waals surface area contributed by atoms with E-state index in [1.54, 1.807) is 18.2 Å². The second kappa shape index (κ2) is 11.3. The first kappa shape index (κ1) is 24.0. The number of amides is 1. The number of benzene rings is 1. The predicted octanol–water partition coefficient (Wildman–Crippen LogP) is 3.58. The number of halogens is 1. The van der Waals surface area contributed by atoms with Crippen LogP contribution in [-0.4, -0.2) is 84.9 Å². The fraction of sp³-hybridized carbons (Fsp3) is 0.667. The summed E-state index contributed by atoms with van der Waals surface area (Å²) < 4.78 is 5.85. The van der Waals surface area contributed by atoms with Crippen molar-refractivity contribution in [3.05, 3.63) is 28.8 Å². The van der Waals surface area contributed by atoms with Crippen LogP contribution in [0.1, 0.15) is 50.4 Å². The Morgan fingerprint density at radius 1 is 1.16 bits per heavy atom. The van der Waals surface area contributed by atoms with E-state index in [1.165, 1.54) is 19.4 Å². The molecule has 1 aromatic rings. The van der Waals surface area contributed by atoms with Gasteiger partial charge in [0.05, 0.1) is 18.2 Å². The molecule has 0 aliphatic carbocycles. The smallest absolute Gasteiger partial charge is 0.225 e. The van der Waals surface area contributed by atoms with Gasteiger partial charge >= 0.3 is 0 Å². The van der Waals surface area contributed by atoms with Crippen molar-refractivity contribution < 1.29 is 14.3 Å². The first-order chi connectivity index (χ1) is 14.8. The SMILES string of the molecule is CC(C)C(=O)N1CCN(CC(=O)c2ccc(OCCCN3CCC[C@H]3C)c(Cl)c2)CC1. The fourth-order valence-electron chi connectivity index (χ4n) is 4.35. The van der Waals surface area contributed by atoms with Crippen LogP contribution in [0.2, 0.25) is 5.02 Å². The van der Waals surface area contributed by atoms with Crippen LogP contribution in [-0.2, 0) is 4.79 Å². The van der Waals surface area contributed by atoms with E-state index in [-0.39, 0.29) is 17.6 Å². The molecule has 2 aliphatic heterocycles. The Morgan fingerprint density at radius 2 is 1.90 bits per heavy atom. The number of nitrogens with zero attached hydrogens (tertiary/aromatic N) is 3. The molecule has 2 saturated heterocycles. The van der Waals surface area contributed by atoms with Gasteiger partial charge in [0, 0.05) is 50.2 Å². The highest BCUT2D eigenvalue weighted by atomic mass is 35.5. The Hall–Kier alpha value is -1.63. The molecule has 2 heterocycles. The number of hydrogen-bond acceptors (Lipinski definition) is 5. The summed E-state index contributed by atoms with van der Waals surface area (Å²) in [4.78, 5) is 31.3. The molecule has 0 saturated carbocycles. The molecule has 0 bridgehead atoms. The van der Waals surface area contributed by atoms with Gasteiger partial charge in [0.15, 0.2) is 5.78 Å². The maximum atomic E-state index is 12.7. The first-order valence-electron chi connectivity index (χ1n) is 11.6. The summed E-state index contributed by atoms with van der Waals surface area (Å²) in [5.74, 6) is 0.872. The molecule has 31 heavy (non-hydrogen) atoms. The van der Waals surface area contributed by atoms with Crippen molar-refractivity contribution in [2.45, 2.75) is 46.1 Å². The lowest BCUT2D eigenvalue weighted by Crippen LogP contribution is -2.50. The third kappa shape index (κ3) is 6.67. The van der Waals surface area contributed by atoms with E-state index in [2.05, 4.69) is 16.7 Å². The van der Waals surface area contributed by atoms with Crippen molar-refractivity contribution in [1.82, 2.24) is 14.7 Å². The van der Waals surface area contributed by atoms with Gasteiger partial charge in [0.25, 0.3) is 0 Å². The fourth-order valence-corrected chi connectivity index (χ4v) is 4.59. The van der Waals surface area contributed by atoms with Crippen LogP contribution in [0.3, 0.4) is 0 Å². The van der Waals surface area contributed by atoms with E-state index in [0.29, 0.717) is 48.6 Å². The summed E-state index contributed by atoms with van der Waals surface area (Å²) in [5.41, 5.74) is 0.601. The average molecular weight is 450 g/mol. The van der Waals surface area contributed by atoms with E-state index in [1.807, 2.05) is 18.7 Å². The average Bonchev–Trinajstić information content (AvgIpc) is 3.16. The maximum absolute atomic E-state index is 12.7. The van der Waals surface area contributed by atoms with Gasteiger partial charge < -0.3 is 14.5 Å². The predicted molar refractivity (Wildman–Crippen MR) is 124 cm³/mol. The molecule has 1 aromatic carbocycles. The highest BCUT2D eigenvalue weighted by molar-refractivity contribution is 6.32. The second-order valence-corrected chi connectivity index (χ2v) is 9.46. The lowest BCUT2D eigenvalue weighted by atomic mass is 10.1. The number of carbonyl (C=O) groups is 2. The quantitative estimate of drug-likeness (QED) is 0.426. The number of likely N-dealkylation sites (tertiary alicyclic amines) is 1. The molecule has 6 nitrogen and oxygen atoms in total. The number of ether oxygens (including phenoxy) is 1. The Labute approximate surface area is 191 Å². The minimum Gasteiger partial charge on any atom is -0.492 e. The molecule has 172 valence electrons. The molecule has 0 aromatic heterocycles. The van der Waals surface area contributed by atoms with Gasteiger partial charge in [-0.3, -0.25) is 14.5 Å². The number of piperazine rings is 1. The molecular weight excluding hydrogens is 414 g/mol. The van der Waals surface area contributed by atoms with Crippen molar-refractivity contribution in [2.75, 3.05) is 52.4 Å². The van der Waals surface area contributed by atoms with Gasteiger partial charge in [0.1, 0.15) is 5.75 Å². The third-order valence-corrected chi connectivity index (χ3v) is 6.63. The lowest BCUT2D eigenvalue weighted by molar-refractivity contribution is -0.136. The molecule has 3 rings (SSSR count). The van der Waals surface area contributed by atoms with Crippen molar-refractivity contribution in [1.29, 1.82) is 0 Å². The first-order valence-corrected chi connectivity index (χ1v) is 11.9. The highest BCUT2D eigenvalue weighted by Gasteiger charge is 2.24. The number of Topliss-reactive ketones (excluding diaryl/α,β-unsaturated/α-hetero) is 1. The molecule has 0 radical (unpaired) electrons. The van der Waals surface area contributed by atoms with Crippen molar-refractivity contribution in [2.24, 2.45) is 5.92 Å². The minimum absolute atomic E-state index is 0.0137. The molecule has 7 heteroatoms.